The van der Waals surface area contributed by atoms with Crippen LogP contribution < -0.4 is 10.1 Å². The number of para-hydroxylation sites is 2. The van der Waals surface area contributed by atoms with Crippen LogP contribution >= 0.6 is 23.1 Å². The summed E-state index contributed by atoms with van der Waals surface area (Å²) in [4.78, 5) is 0. The maximum Gasteiger partial charge on any atom is 0.210 e. The lowest BCUT2D eigenvalue weighted by molar-refractivity contribution is 0.344. The van der Waals surface area contributed by atoms with Gasteiger partial charge in [0.25, 0.3) is 0 Å². The summed E-state index contributed by atoms with van der Waals surface area (Å²) in [5, 5.41) is 12.4. The van der Waals surface area contributed by atoms with Crippen molar-refractivity contribution in [1.82, 2.24) is 10.2 Å². The number of ether oxygens (including phenoxy) is 1. The van der Waals surface area contributed by atoms with Crippen LogP contribution in [0.3, 0.4) is 0 Å². The third-order valence-electron chi connectivity index (χ3n) is 2.75. The summed E-state index contributed by atoms with van der Waals surface area (Å²) in [5.74, 6) is 1.74. The summed E-state index contributed by atoms with van der Waals surface area (Å²) in [6.45, 7) is 0.649. The normalized spacial score (nSPS) is 10.4. The average Bonchev–Trinajstić information content (AvgIpc) is 3.01. The molecule has 112 valence electrons. The Kier molecular flexibility index (Phi) is 5.28. The largest absolute Gasteiger partial charge is 0.493 e. The van der Waals surface area contributed by atoms with Crippen molar-refractivity contribution in [2.45, 2.75) is 4.34 Å². The van der Waals surface area contributed by atoms with Crippen molar-refractivity contribution in [2.24, 2.45) is 0 Å². The van der Waals surface area contributed by atoms with Crippen LogP contribution in [0.15, 0.2) is 65.0 Å². The van der Waals surface area contributed by atoms with E-state index in [2.05, 4.69) is 15.5 Å². The second-order valence-corrected chi connectivity index (χ2v) is 6.69. The van der Waals surface area contributed by atoms with Crippen molar-refractivity contribution in [2.75, 3.05) is 17.7 Å². The molecule has 22 heavy (non-hydrogen) atoms. The van der Waals surface area contributed by atoms with Gasteiger partial charge in [0, 0.05) is 11.4 Å². The fraction of sp³-hybridized carbons (Fsp3) is 0.125. The van der Waals surface area contributed by atoms with E-state index in [1.165, 1.54) is 0 Å². The van der Waals surface area contributed by atoms with E-state index in [0.29, 0.717) is 6.61 Å². The van der Waals surface area contributed by atoms with Gasteiger partial charge in [0.05, 0.1) is 6.61 Å². The molecule has 0 bridgehead atoms. The zero-order chi connectivity index (χ0) is 15.0. The van der Waals surface area contributed by atoms with Gasteiger partial charge in [0.2, 0.25) is 5.13 Å². The molecule has 4 nitrogen and oxygen atoms in total. The van der Waals surface area contributed by atoms with Crippen molar-refractivity contribution in [3.05, 3.63) is 60.7 Å². The summed E-state index contributed by atoms with van der Waals surface area (Å²) in [6.07, 6.45) is 0. The number of hydrogen-bond acceptors (Lipinski definition) is 6. The Bertz CT molecular complexity index is 689. The second kappa shape index (κ2) is 7.82. The third-order valence-corrected chi connectivity index (χ3v) is 4.69. The summed E-state index contributed by atoms with van der Waals surface area (Å²) in [6, 6.07) is 19.8. The fourth-order valence-corrected chi connectivity index (χ4v) is 3.43. The molecule has 3 rings (SSSR count). The number of nitrogens with zero attached hydrogens (tertiary/aromatic N) is 2. The molecular formula is C16H15N3OS2. The molecule has 2 aromatic carbocycles. The van der Waals surface area contributed by atoms with Gasteiger partial charge in [0.15, 0.2) is 4.34 Å². The van der Waals surface area contributed by atoms with Crippen LogP contribution in [0.5, 0.6) is 5.75 Å². The zero-order valence-electron chi connectivity index (χ0n) is 11.8. The number of nitrogens with one attached hydrogen (secondary N) is 1. The molecule has 0 amide bonds. The summed E-state index contributed by atoms with van der Waals surface area (Å²) in [5.41, 5.74) is 1.02. The highest BCUT2D eigenvalue weighted by molar-refractivity contribution is 8.01. The Hall–Kier alpha value is -2.05. The number of thioether (sulfide) groups is 1. The molecule has 0 saturated heterocycles. The predicted octanol–water partition coefficient (Wildman–Crippen LogP) is 4.45. The highest BCUT2D eigenvalue weighted by atomic mass is 32.2. The van der Waals surface area contributed by atoms with Gasteiger partial charge >= 0.3 is 0 Å². The van der Waals surface area contributed by atoms with Crippen LogP contribution in [-0.2, 0) is 0 Å². The van der Waals surface area contributed by atoms with E-state index in [4.69, 9.17) is 4.74 Å². The first kappa shape index (κ1) is 14.9. The Morgan fingerprint density at radius 2 is 1.68 bits per heavy atom. The minimum absolute atomic E-state index is 0.649. The maximum atomic E-state index is 5.65. The van der Waals surface area contributed by atoms with E-state index in [1.54, 1.807) is 23.1 Å². The Labute approximate surface area is 137 Å². The molecule has 0 saturated carbocycles. The van der Waals surface area contributed by atoms with E-state index in [1.807, 2.05) is 60.7 Å². The molecule has 3 aromatic rings. The molecule has 6 heteroatoms. The Morgan fingerprint density at radius 3 is 2.45 bits per heavy atom. The molecule has 0 spiro atoms. The summed E-state index contributed by atoms with van der Waals surface area (Å²) < 4.78 is 6.59. The molecule has 0 aliphatic heterocycles. The minimum Gasteiger partial charge on any atom is -0.493 e. The van der Waals surface area contributed by atoms with Crippen molar-refractivity contribution in [3.63, 3.8) is 0 Å². The van der Waals surface area contributed by atoms with Crippen LogP contribution in [-0.4, -0.2) is 22.6 Å². The van der Waals surface area contributed by atoms with Crippen molar-refractivity contribution < 1.29 is 4.74 Å². The lowest BCUT2D eigenvalue weighted by Crippen LogP contribution is -1.99. The second-order valence-electron chi connectivity index (χ2n) is 4.37. The molecule has 0 aliphatic carbocycles. The standard InChI is InChI=1S/C16H15N3OS2/c1-3-7-13(8-4-1)17-15-18-19-16(22-15)21-12-11-20-14-9-5-2-6-10-14/h1-10H,11-12H2,(H,17,18). The van der Waals surface area contributed by atoms with Crippen LogP contribution in [0, 0.1) is 0 Å². The SMILES string of the molecule is c1ccc(Nc2nnc(SCCOc3ccccc3)s2)cc1. The van der Waals surface area contributed by atoms with Gasteiger partial charge in [-0.15, -0.1) is 10.2 Å². The lowest BCUT2D eigenvalue weighted by atomic mass is 10.3. The minimum atomic E-state index is 0.649. The Balaban J connectivity index is 1.44. The fourth-order valence-electron chi connectivity index (χ4n) is 1.77. The summed E-state index contributed by atoms with van der Waals surface area (Å²) >= 11 is 3.20. The smallest absolute Gasteiger partial charge is 0.210 e. The number of rotatable bonds is 7. The number of benzene rings is 2. The van der Waals surface area contributed by atoms with Crippen molar-refractivity contribution >= 4 is 33.9 Å². The molecular weight excluding hydrogens is 314 g/mol. The molecule has 1 aromatic heterocycles. The van der Waals surface area contributed by atoms with Crippen LogP contribution in [0.2, 0.25) is 0 Å². The molecule has 1 N–H and O–H groups in total. The number of aromatic nitrogens is 2. The molecule has 1 heterocycles. The first-order valence-electron chi connectivity index (χ1n) is 6.86. The first-order valence-corrected chi connectivity index (χ1v) is 8.66. The van der Waals surface area contributed by atoms with Crippen LogP contribution in [0.1, 0.15) is 0 Å². The maximum absolute atomic E-state index is 5.65. The first-order chi connectivity index (χ1) is 10.9. The van der Waals surface area contributed by atoms with Gasteiger partial charge in [0.1, 0.15) is 5.75 Å². The third kappa shape index (κ3) is 4.47. The van der Waals surface area contributed by atoms with Gasteiger partial charge in [-0.2, -0.15) is 0 Å². The monoisotopic (exact) mass is 329 g/mol. The number of hydrogen-bond donors (Lipinski definition) is 1. The van der Waals surface area contributed by atoms with Gasteiger partial charge < -0.3 is 10.1 Å². The van der Waals surface area contributed by atoms with E-state index in [-0.39, 0.29) is 0 Å². The molecule has 0 unspecified atom stereocenters. The predicted molar refractivity (Wildman–Crippen MR) is 92.3 cm³/mol. The molecule has 0 radical (unpaired) electrons. The van der Waals surface area contributed by atoms with E-state index in [0.717, 1.165) is 26.7 Å². The number of anilines is 2. The van der Waals surface area contributed by atoms with E-state index < -0.39 is 0 Å². The average molecular weight is 329 g/mol. The topological polar surface area (TPSA) is 47.0 Å². The van der Waals surface area contributed by atoms with Gasteiger partial charge in [-0.1, -0.05) is 59.5 Å². The molecule has 0 atom stereocenters. The van der Waals surface area contributed by atoms with Crippen molar-refractivity contribution in [1.29, 1.82) is 0 Å². The van der Waals surface area contributed by atoms with Gasteiger partial charge in [-0.3, -0.25) is 0 Å². The zero-order valence-corrected chi connectivity index (χ0v) is 13.4. The van der Waals surface area contributed by atoms with E-state index in [9.17, 15) is 0 Å². The molecule has 0 aliphatic rings. The lowest BCUT2D eigenvalue weighted by Gasteiger charge is -2.03. The van der Waals surface area contributed by atoms with Crippen LogP contribution in [0.25, 0.3) is 0 Å². The Morgan fingerprint density at radius 1 is 0.955 bits per heavy atom. The van der Waals surface area contributed by atoms with Gasteiger partial charge in [-0.05, 0) is 24.3 Å². The molecule has 0 fully saturated rings. The van der Waals surface area contributed by atoms with E-state index >= 15 is 0 Å². The quantitative estimate of drug-likeness (QED) is 0.512. The van der Waals surface area contributed by atoms with Gasteiger partial charge in [-0.25, -0.2) is 0 Å². The summed E-state index contributed by atoms with van der Waals surface area (Å²) in [7, 11) is 0. The van der Waals surface area contributed by atoms with Crippen molar-refractivity contribution in [3.8, 4) is 5.75 Å². The highest BCUT2D eigenvalue weighted by Crippen LogP contribution is 2.27. The van der Waals surface area contributed by atoms with Crippen LogP contribution in [0.4, 0.5) is 10.8 Å². The highest BCUT2D eigenvalue weighted by Gasteiger charge is 2.05.